The van der Waals surface area contributed by atoms with Crippen LogP contribution in [0, 0.1) is 0 Å². The molecular formula is C15H21F2NO. The second-order valence-corrected chi connectivity index (χ2v) is 5.09. The molecule has 0 spiro atoms. The van der Waals surface area contributed by atoms with E-state index in [0.717, 1.165) is 17.9 Å². The van der Waals surface area contributed by atoms with Crippen LogP contribution in [-0.4, -0.2) is 18.6 Å². The van der Waals surface area contributed by atoms with Crippen molar-refractivity contribution < 1.29 is 13.5 Å². The zero-order valence-electron chi connectivity index (χ0n) is 11.3. The molecular weight excluding hydrogens is 248 g/mol. The van der Waals surface area contributed by atoms with Gasteiger partial charge in [0.25, 0.3) is 0 Å². The Morgan fingerprint density at radius 1 is 1.21 bits per heavy atom. The first kappa shape index (κ1) is 14.3. The van der Waals surface area contributed by atoms with Gasteiger partial charge in [-0.3, -0.25) is 0 Å². The van der Waals surface area contributed by atoms with Crippen molar-refractivity contribution in [3.05, 3.63) is 29.8 Å². The lowest BCUT2D eigenvalue weighted by atomic mass is 9.92. The second-order valence-electron chi connectivity index (χ2n) is 5.09. The summed E-state index contributed by atoms with van der Waals surface area (Å²) in [5.74, 6) is -1.58. The molecule has 19 heavy (non-hydrogen) atoms. The molecule has 0 aromatic heterocycles. The summed E-state index contributed by atoms with van der Waals surface area (Å²) in [6, 6.07) is 8.11. The van der Waals surface area contributed by atoms with E-state index in [1.807, 2.05) is 31.2 Å². The Hall–Kier alpha value is -1.16. The van der Waals surface area contributed by atoms with Crippen LogP contribution in [0.4, 0.5) is 8.78 Å². The van der Waals surface area contributed by atoms with E-state index < -0.39 is 5.92 Å². The van der Waals surface area contributed by atoms with Crippen LogP contribution in [0.15, 0.2) is 24.3 Å². The number of rotatable bonds is 5. The fourth-order valence-electron chi connectivity index (χ4n) is 2.38. The van der Waals surface area contributed by atoms with Gasteiger partial charge in [0.15, 0.2) is 0 Å². The zero-order valence-corrected chi connectivity index (χ0v) is 11.3. The summed E-state index contributed by atoms with van der Waals surface area (Å²) in [5.41, 5.74) is 1.15. The molecule has 1 aromatic rings. The third-order valence-electron chi connectivity index (χ3n) is 3.55. The van der Waals surface area contributed by atoms with Crippen molar-refractivity contribution in [3.63, 3.8) is 0 Å². The molecule has 0 heterocycles. The number of benzene rings is 1. The first-order chi connectivity index (χ1) is 9.09. The van der Waals surface area contributed by atoms with Gasteiger partial charge in [0.05, 0.1) is 6.61 Å². The van der Waals surface area contributed by atoms with E-state index in [1.54, 1.807) is 0 Å². The Bertz CT molecular complexity index is 382. The minimum atomic E-state index is -2.45. The van der Waals surface area contributed by atoms with Crippen molar-refractivity contribution in [2.45, 2.75) is 51.1 Å². The Morgan fingerprint density at radius 3 is 2.42 bits per heavy atom. The van der Waals surface area contributed by atoms with Gasteiger partial charge in [-0.1, -0.05) is 12.1 Å². The molecule has 0 aliphatic heterocycles. The maximum Gasteiger partial charge on any atom is 0.248 e. The smallest absolute Gasteiger partial charge is 0.248 e. The van der Waals surface area contributed by atoms with Gasteiger partial charge in [-0.15, -0.1) is 0 Å². The topological polar surface area (TPSA) is 21.3 Å². The average Bonchev–Trinajstić information content (AvgIpc) is 2.40. The molecule has 0 atom stereocenters. The van der Waals surface area contributed by atoms with Gasteiger partial charge in [0.1, 0.15) is 5.75 Å². The standard InChI is InChI=1S/C15H21F2NO/c1-2-19-14-5-3-12(4-6-14)11-18-13-7-9-15(16,17)10-8-13/h3-6,13,18H,2,7-11H2,1H3. The molecule has 0 saturated heterocycles. The Morgan fingerprint density at radius 2 is 1.84 bits per heavy atom. The summed E-state index contributed by atoms with van der Waals surface area (Å²) in [5, 5.41) is 3.35. The Kier molecular flexibility index (Phi) is 4.75. The SMILES string of the molecule is CCOc1ccc(CNC2CCC(F)(F)CC2)cc1. The first-order valence-corrected chi connectivity index (χ1v) is 6.92. The summed E-state index contributed by atoms with van der Waals surface area (Å²) < 4.78 is 31.4. The molecule has 0 unspecified atom stereocenters. The van der Waals surface area contributed by atoms with Crippen LogP contribution in [0.25, 0.3) is 0 Å². The summed E-state index contributed by atoms with van der Waals surface area (Å²) >= 11 is 0. The van der Waals surface area contributed by atoms with Gasteiger partial charge >= 0.3 is 0 Å². The molecule has 0 radical (unpaired) electrons. The number of hydrogen-bond acceptors (Lipinski definition) is 2. The van der Waals surface area contributed by atoms with E-state index in [9.17, 15) is 8.78 Å². The minimum Gasteiger partial charge on any atom is -0.494 e. The van der Waals surface area contributed by atoms with Gasteiger partial charge in [-0.05, 0) is 37.5 Å². The van der Waals surface area contributed by atoms with Crippen molar-refractivity contribution in [1.82, 2.24) is 5.32 Å². The van der Waals surface area contributed by atoms with E-state index in [0.29, 0.717) is 19.4 Å². The Labute approximate surface area is 113 Å². The molecule has 1 fully saturated rings. The lowest BCUT2D eigenvalue weighted by molar-refractivity contribution is -0.0405. The van der Waals surface area contributed by atoms with Crippen molar-refractivity contribution in [3.8, 4) is 5.75 Å². The number of nitrogens with one attached hydrogen (secondary N) is 1. The van der Waals surface area contributed by atoms with E-state index in [-0.39, 0.29) is 18.9 Å². The van der Waals surface area contributed by atoms with Crippen LogP contribution in [-0.2, 0) is 6.54 Å². The highest BCUT2D eigenvalue weighted by atomic mass is 19.3. The fourth-order valence-corrected chi connectivity index (χ4v) is 2.38. The predicted octanol–water partition coefficient (Wildman–Crippen LogP) is 3.75. The molecule has 4 heteroatoms. The largest absolute Gasteiger partial charge is 0.494 e. The van der Waals surface area contributed by atoms with E-state index in [2.05, 4.69) is 5.32 Å². The molecule has 1 aliphatic carbocycles. The van der Waals surface area contributed by atoms with Gasteiger partial charge in [-0.25, -0.2) is 8.78 Å². The highest BCUT2D eigenvalue weighted by Crippen LogP contribution is 2.33. The second kappa shape index (κ2) is 6.33. The number of alkyl halides is 2. The first-order valence-electron chi connectivity index (χ1n) is 6.92. The van der Waals surface area contributed by atoms with Crippen LogP contribution < -0.4 is 10.1 Å². The quantitative estimate of drug-likeness (QED) is 0.879. The van der Waals surface area contributed by atoms with Gasteiger partial charge in [0.2, 0.25) is 5.92 Å². The predicted molar refractivity (Wildman–Crippen MR) is 71.7 cm³/mol. The molecule has 2 nitrogen and oxygen atoms in total. The fraction of sp³-hybridized carbons (Fsp3) is 0.600. The van der Waals surface area contributed by atoms with Crippen molar-refractivity contribution in [1.29, 1.82) is 0 Å². The minimum absolute atomic E-state index is 0.00788. The molecule has 1 aromatic carbocycles. The maximum absolute atomic E-state index is 13.0. The lowest BCUT2D eigenvalue weighted by Crippen LogP contribution is -2.36. The molecule has 1 aliphatic rings. The van der Waals surface area contributed by atoms with Crippen LogP contribution in [0.2, 0.25) is 0 Å². The molecule has 0 bridgehead atoms. The van der Waals surface area contributed by atoms with Gasteiger partial charge < -0.3 is 10.1 Å². The van der Waals surface area contributed by atoms with Crippen molar-refractivity contribution in [2.24, 2.45) is 0 Å². The number of hydrogen-bond donors (Lipinski definition) is 1. The van der Waals surface area contributed by atoms with Gasteiger partial charge in [0, 0.05) is 25.4 Å². The third-order valence-corrected chi connectivity index (χ3v) is 3.55. The molecule has 2 rings (SSSR count). The van der Waals surface area contributed by atoms with Crippen LogP contribution in [0.3, 0.4) is 0 Å². The molecule has 1 N–H and O–H groups in total. The Balaban J connectivity index is 1.76. The average molecular weight is 269 g/mol. The summed E-state index contributed by atoms with van der Waals surface area (Å²) in [6.07, 6.45) is 1.13. The van der Waals surface area contributed by atoms with Crippen LogP contribution in [0.5, 0.6) is 5.75 Å². The van der Waals surface area contributed by atoms with Crippen molar-refractivity contribution >= 4 is 0 Å². The summed E-state index contributed by atoms with van der Waals surface area (Å²) in [6.45, 7) is 3.34. The summed E-state index contributed by atoms with van der Waals surface area (Å²) in [4.78, 5) is 0. The van der Waals surface area contributed by atoms with Crippen molar-refractivity contribution in [2.75, 3.05) is 6.61 Å². The molecule has 106 valence electrons. The third kappa shape index (κ3) is 4.46. The molecule has 1 saturated carbocycles. The maximum atomic E-state index is 13.0. The van der Waals surface area contributed by atoms with Crippen LogP contribution in [0.1, 0.15) is 38.2 Å². The van der Waals surface area contributed by atoms with E-state index in [4.69, 9.17) is 4.74 Å². The zero-order chi connectivity index (χ0) is 13.7. The number of ether oxygens (including phenoxy) is 1. The summed E-state index contributed by atoms with van der Waals surface area (Å²) in [7, 11) is 0. The normalized spacial score (nSPS) is 19.3. The lowest BCUT2D eigenvalue weighted by Gasteiger charge is -2.28. The number of halogens is 2. The monoisotopic (exact) mass is 269 g/mol. The highest BCUT2D eigenvalue weighted by molar-refractivity contribution is 5.27. The highest BCUT2D eigenvalue weighted by Gasteiger charge is 2.34. The van der Waals surface area contributed by atoms with E-state index in [1.165, 1.54) is 0 Å². The van der Waals surface area contributed by atoms with Crippen LogP contribution >= 0.6 is 0 Å². The van der Waals surface area contributed by atoms with E-state index >= 15 is 0 Å². The van der Waals surface area contributed by atoms with Gasteiger partial charge in [-0.2, -0.15) is 0 Å². The molecule has 0 amide bonds.